The Labute approximate surface area is 105 Å². The largest absolute Gasteiger partial charge is 0.461 e. The molecule has 1 aromatic rings. The molecule has 0 aromatic carbocycles. The van der Waals surface area contributed by atoms with Gasteiger partial charge in [-0.25, -0.2) is 4.79 Å². The second-order valence-electron chi connectivity index (χ2n) is 4.69. The van der Waals surface area contributed by atoms with Gasteiger partial charge >= 0.3 is 5.97 Å². The smallest absolute Gasteiger partial charge is 0.361 e. The molecule has 1 aliphatic carbocycles. The molecule has 0 aliphatic heterocycles. The fraction of sp³-hybridized carbons (Fsp3) is 0.583. The van der Waals surface area contributed by atoms with Gasteiger partial charge in [-0.05, 0) is 19.8 Å². The van der Waals surface area contributed by atoms with Crippen LogP contribution in [0.1, 0.15) is 36.7 Å². The summed E-state index contributed by atoms with van der Waals surface area (Å²) < 4.78 is 6.51. The fourth-order valence-corrected chi connectivity index (χ4v) is 1.95. The Morgan fingerprint density at radius 2 is 2.44 bits per heavy atom. The molecule has 2 rings (SSSR count). The number of nitrogen functional groups attached to an aromatic ring is 1. The number of nitriles is 1. The third kappa shape index (κ3) is 2.45. The quantitative estimate of drug-likeness (QED) is 0.793. The van der Waals surface area contributed by atoms with Crippen LogP contribution in [0.25, 0.3) is 0 Å². The monoisotopic (exact) mass is 248 g/mol. The molecule has 0 spiro atoms. The highest BCUT2D eigenvalue weighted by Crippen LogP contribution is 2.49. The van der Waals surface area contributed by atoms with Crippen molar-refractivity contribution in [2.75, 3.05) is 12.3 Å². The highest BCUT2D eigenvalue weighted by atomic mass is 16.5. The van der Waals surface area contributed by atoms with Gasteiger partial charge in [0.1, 0.15) is 0 Å². The lowest BCUT2D eigenvalue weighted by Crippen LogP contribution is -2.13. The van der Waals surface area contributed by atoms with Crippen LogP contribution >= 0.6 is 0 Å². The van der Waals surface area contributed by atoms with Crippen molar-refractivity contribution < 1.29 is 9.53 Å². The zero-order chi connectivity index (χ0) is 13.2. The summed E-state index contributed by atoms with van der Waals surface area (Å²) in [6.07, 6.45) is 4.19. The number of hydrogen-bond acceptors (Lipinski definition) is 5. The lowest BCUT2D eigenvalue weighted by atomic mass is 10.0. The van der Waals surface area contributed by atoms with Gasteiger partial charge in [-0.3, -0.25) is 4.68 Å². The number of esters is 1. The van der Waals surface area contributed by atoms with Crippen LogP contribution in [0.15, 0.2) is 6.20 Å². The molecule has 1 aromatic heterocycles. The second-order valence-corrected chi connectivity index (χ2v) is 4.69. The summed E-state index contributed by atoms with van der Waals surface area (Å²) in [5, 5.41) is 12.9. The number of carbonyl (C=O) groups is 1. The first-order chi connectivity index (χ1) is 8.60. The van der Waals surface area contributed by atoms with E-state index in [1.807, 2.05) is 0 Å². The van der Waals surface area contributed by atoms with Crippen molar-refractivity contribution in [1.82, 2.24) is 9.78 Å². The van der Waals surface area contributed by atoms with Crippen molar-refractivity contribution in [2.45, 2.75) is 32.7 Å². The number of rotatable bonds is 5. The van der Waals surface area contributed by atoms with Crippen LogP contribution in [0, 0.1) is 16.7 Å². The van der Waals surface area contributed by atoms with Crippen LogP contribution in [-0.4, -0.2) is 22.4 Å². The highest BCUT2D eigenvalue weighted by molar-refractivity contribution is 5.92. The molecule has 2 N–H and O–H groups in total. The maximum Gasteiger partial charge on any atom is 0.361 e. The lowest BCUT2D eigenvalue weighted by Gasteiger charge is -2.10. The summed E-state index contributed by atoms with van der Waals surface area (Å²) in [5.74, 6) is -0.501. The van der Waals surface area contributed by atoms with Gasteiger partial charge in [0.25, 0.3) is 0 Å². The lowest BCUT2D eigenvalue weighted by molar-refractivity contribution is 0.0519. The molecule has 0 saturated heterocycles. The van der Waals surface area contributed by atoms with Gasteiger partial charge in [-0.2, -0.15) is 10.4 Å². The van der Waals surface area contributed by atoms with E-state index < -0.39 is 5.97 Å². The Bertz CT molecular complexity index is 497. The second kappa shape index (κ2) is 4.69. The Kier molecular flexibility index (Phi) is 3.24. The molecule has 0 amide bonds. The molecule has 0 bridgehead atoms. The molecule has 0 atom stereocenters. The van der Waals surface area contributed by atoms with Crippen molar-refractivity contribution >= 4 is 11.7 Å². The molecule has 1 heterocycles. The summed E-state index contributed by atoms with van der Waals surface area (Å²) in [5.41, 5.74) is 6.24. The fourth-order valence-electron chi connectivity index (χ4n) is 1.95. The number of nitrogens with two attached hydrogens (primary N) is 1. The van der Waals surface area contributed by atoms with Crippen molar-refractivity contribution in [1.29, 1.82) is 5.26 Å². The van der Waals surface area contributed by atoms with Gasteiger partial charge in [-0.15, -0.1) is 0 Å². The SMILES string of the molecule is CCOC(=O)c1nn(CC2(CC#N)CC2)cc1N. The third-order valence-electron chi connectivity index (χ3n) is 3.17. The van der Waals surface area contributed by atoms with Crippen LogP contribution in [0.5, 0.6) is 0 Å². The van der Waals surface area contributed by atoms with Crippen LogP contribution in [-0.2, 0) is 11.3 Å². The van der Waals surface area contributed by atoms with Gasteiger partial charge in [0.15, 0.2) is 5.69 Å². The van der Waals surface area contributed by atoms with Crippen molar-refractivity contribution in [2.24, 2.45) is 5.41 Å². The predicted octanol–water partition coefficient (Wildman–Crippen LogP) is 1.34. The summed E-state index contributed by atoms with van der Waals surface area (Å²) >= 11 is 0. The molecule has 1 fully saturated rings. The Hall–Kier alpha value is -2.03. The maximum absolute atomic E-state index is 11.6. The molecular weight excluding hydrogens is 232 g/mol. The number of carbonyl (C=O) groups excluding carboxylic acids is 1. The first-order valence-corrected chi connectivity index (χ1v) is 5.97. The minimum Gasteiger partial charge on any atom is -0.461 e. The van der Waals surface area contributed by atoms with Crippen molar-refractivity contribution in [3.63, 3.8) is 0 Å². The molecule has 0 unspecified atom stereocenters. The van der Waals surface area contributed by atoms with Gasteiger partial charge in [0, 0.05) is 24.6 Å². The molecule has 6 nitrogen and oxygen atoms in total. The molecule has 1 aliphatic rings. The van der Waals surface area contributed by atoms with E-state index >= 15 is 0 Å². The normalized spacial score (nSPS) is 16.0. The standard InChI is InChI=1S/C12H16N4O2/c1-2-18-11(17)10-9(14)7-16(15-10)8-12(3-4-12)5-6-13/h7H,2-5,8,14H2,1H3. The van der Waals surface area contributed by atoms with E-state index in [-0.39, 0.29) is 11.1 Å². The van der Waals surface area contributed by atoms with E-state index in [9.17, 15) is 4.79 Å². The Morgan fingerprint density at radius 1 is 1.72 bits per heavy atom. The molecule has 1 saturated carbocycles. The van der Waals surface area contributed by atoms with Crippen LogP contribution in [0.4, 0.5) is 5.69 Å². The predicted molar refractivity (Wildman–Crippen MR) is 64.5 cm³/mol. The number of ether oxygens (including phenoxy) is 1. The van der Waals surface area contributed by atoms with Crippen LogP contribution < -0.4 is 5.73 Å². The zero-order valence-corrected chi connectivity index (χ0v) is 10.3. The Balaban J connectivity index is 2.10. The van der Waals surface area contributed by atoms with Gasteiger partial charge < -0.3 is 10.5 Å². The maximum atomic E-state index is 11.6. The highest BCUT2D eigenvalue weighted by Gasteiger charge is 2.43. The van der Waals surface area contributed by atoms with Gasteiger partial charge in [0.2, 0.25) is 0 Å². The van der Waals surface area contributed by atoms with Gasteiger partial charge in [0.05, 0.1) is 18.4 Å². The van der Waals surface area contributed by atoms with Crippen molar-refractivity contribution in [3.8, 4) is 6.07 Å². The van der Waals surface area contributed by atoms with E-state index in [2.05, 4.69) is 11.2 Å². The summed E-state index contributed by atoms with van der Waals surface area (Å²) in [4.78, 5) is 11.6. The number of aromatic nitrogens is 2. The van der Waals surface area contributed by atoms with Crippen LogP contribution in [0.2, 0.25) is 0 Å². The Morgan fingerprint density at radius 3 is 3.00 bits per heavy atom. The van der Waals surface area contributed by atoms with Crippen LogP contribution in [0.3, 0.4) is 0 Å². The first-order valence-electron chi connectivity index (χ1n) is 5.97. The summed E-state index contributed by atoms with van der Waals surface area (Å²) in [7, 11) is 0. The molecule has 18 heavy (non-hydrogen) atoms. The zero-order valence-electron chi connectivity index (χ0n) is 10.3. The molecule has 96 valence electrons. The van der Waals surface area contributed by atoms with E-state index in [0.717, 1.165) is 12.8 Å². The van der Waals surface area contributed by atoms with E-state index in [1.165, 1.54) is 0 Å². The molecular formula is C12H16N4O2. The average molecular weight is 248 g/mol. The van der Waals surface area contributed by atoms with Gasteiger partial charge in [-0.1, -0.05) is 0 Å². The molecule has 6 heteroatoms. The average Bonchev–Trinajstić information content (AvgIpc) is 2.95. The van der Waals surface area contributed by atoms with E-state index in [0.29, 0.717) is 25.3 Å². The summed E-state index contributed by atoms with van der Waals surface area (Å²) in [6, 6.07) is 2.19. The van der Waals surface area contributed by atoms with Crippen molar-refractivity contribution in [3.05, 3.63) is 11.9 Å². The number of hydrogen-bond donors (Lipinski definition) is 1. The minimum absolute atomic E-state index is 0.0269. The first kappa shape index (κ1) is 12.4. The minimum atomic E-state index is -0.501. The number of anilines is 1. The topological polar surface area (TPSA) is 93.9 Å². The van der Waals surface area contributed by atoms with E-state index in [1.54, 1.807) is 17.8 Å². The summed E-state index contributed by atoms with van der Waals surface area (Å²) in [6.45, 7) is 2.66. The number of nitrogens with zero attached hydrogens (tertiary/aromatic N) is 3. The molecule has 0 radical (unpaired) electrons. The third-order valence-corrected chi connectivity index (χ3v) is 3.17. The van der Waals surface area contributed by atoms with E-state index in [4.69, 9.17) is 15.7 Å².